The fourth-order valence-corrected chi connectivity index (χ4v) is 2.54. The predicted octanol–water partition coefficient (Wildman–Crippen LogP) is 0.994. The number of nitrogens with one attached hydrogen (secondary N) is 3. The SMILES string of the molecule is CC[NH+](CC(=O)NCc1ccccc1F)CC(=O)Nc1ccc(OC)cc1. The van der Waals surface area contributed by atoms with E-state index in [4.69, 9.17) is 4.74 Å². The van der Waals surface area contributed by atoms with Crippen molar-refractivity contribution < 1.29 is 23.6 Å². The molecule has 0 saturated heterocycles. The van der Waals surface area contributed by atoms with E-state index in [2.05, 4.69) is 10.6 Å². The van der Waals surface area contributed by atoms with Crippen LogP contribution in [0.15, 0.2) is 48.5 Å². The summed E-state index contributed by atoms with van der Waals surface area (Å²) in [5.74, 6) is -0.0528. The molecule has 0 radical (unpaired) electrons. The number of methoxy groups -OCH3 is 1. The highest BCUT2D eigenvalue weighted by Crippen LogP contribution is 2.14. The minimum absolute atomic E-state index is 0.126. The molecule has 7 heteroatoms. The van der Waals surface area contributed by atoms with E-state index in [9.17, 15) is 14.0 Å². The van der Waals surface area contributed by atoms with Crippen LogP contribution in [-0.4, -0.2) is 38.6 Å². The number of carbonyl (C=O) groups is 2. The standard InChI is InChI=1S/C20H24FN3O3/c1-3-24(13-19(25)22-12-15-6-4-5-7-18(15)21)14-20(26)23-16-8-10-17(27-2)11-9-16/h4-11H,3,12-14H2,1-2H3,(H,22,25)(H,23,26)/p+1. The summed E-state index contributed by atoms with van der Waals surface area (Å²) in [7, 11) is 1.58. The largest absolute Gasteiger partial charge is 0.497 e. The van der Waals surface area contributed by atoms with E-state index in [1.165, 1.54) is 6.07 Å². The number of rotatable bonds is 9. The Hall–Kier alpha value is -2.93. The zero-order valence-corrected chi connectivity index (χ0v) is 15.5. The first-order valence-electron chi connectivity index (χ1n) is 8.79. The van der Waals surface area contributed by atoms with Crippen LogP contribution >= 0.6 is 0 Å². The lowest BCUT2D eigenvalue weighted by Gasteiger charge is -2.17. The lowest BCUT2D eigenvalue weighted by molar-refractivity contribution is -0.881. The molecule has 0 aliphatic heterocycles. The number of benzene rings is 2. The summed E-state index contributed by atoms with van der Waals surface area (Å²) in [4.78, 5) is 25.1. The zero-order chi connectivity index (χ0) is 19.6. The lowest BCUT2D eigenvalue weighted by atomic mass is 10.2. The van der Waals surface area contributed by atoms with Crippen molar-refractivity contribution in [2.24, 2.45) is 0 Å². The monoisotopic (exact) mass is 374 g/mol. The maximum absolute atomic E-state index is 13.6. The summed E-state index contributed by atoms with van der Waals surface area (Å²) in [5.41, 5.74) is 1.10. The van der Waals surface area contributed by atoms with Gasteiger partial charge in [0.15, 0.2) is 13.1 Å². The summed E-state index contributed by atoms with van der Waals surface area (Å²) >= 11 is 0. The number of halogens is 1. The normalized spacial score (nSPS) is 11.5. The Morgan fingerprint density at radius 3 is 2.33 bits per heavy atom. The number of likely N-dealkylation sites (N-methyl/N-ethyl adjacent to an activating group) is 1. The minimum Gasteiger partial charge on any atom is -0.497 e. The van der Waals surface area contributed by atoms with Crippen LogP contribution in [0.25, 0.3) is 0 Å². The molecule has 2 aromatic carbocycles. The van der Waals surface area contributed by atoms with E-state index < -0.39 is 0 Å². The van der Waals surface area contributed by atoms with Crippen molar-refractivity contribution in [3.8, 4) is 5.75 Å². The van der Waals surface area contributed by atoms with Gasteiger partial charge in [0.05, 0.1) is 13.7 Å². The molecule has 0 fully saturated rings. The summed E-state index contributed by atoms with van der Waals surface area (Å²) in [6.45, 7) is 2.94. The maximum atomic E-state index is 13.6. The van der Waals surface area contributed by atoms with Crippen LogP contribution in [0.1, 0.15) is 12.5 Å². The van der Waals surface area contributed by atoms with Crippen LogP contribution in [0.5, 0.6) is 5.75 Å². The van der Waals surface area contributed by atoms with Crippen molar-refractivity contribution in [1.82, 2.24) is 5.32 Å². The number of hydrogen-bond donors (Lipinski definition) is 3. The second-order valence-electron chi connectivity index (χ2n) is 6.10. The Balaban J connectivity index is 1.80. The first-order valence-corrected chi connectivity index (χ1v) is 8.79. The summed E-state index contributed by atoms with van der Waals surface area (Å²) in [6, 6.07) is 13.3. The molecule has 1 atom stereocenters. The number of ether oxygens (including phenoxy) is 1. The quantitative estimate of drug-likeness (QED) is 0.613. The van der Waals surface area contributed by atoms with Gasteiger partial charge in [0.25, 0.3) is 11.8 Å². The predicted molar refractivity (Wildman–Crippen MR) is 101 cm³/mol. The van der Waals surface area contributed by atoms with Crippen molar-refractivity contribution in [3.05, 3.63) is 59.9 Å². The van der Waals surface area contributed by atoms with Crippen molar-refractivity contribution in [3.63, 3.8) is 0 Å². The first-order chi connectivity index (χ1) is 13.0. The average Bonchev–Trinajstić information content (AvgIpc) is 2.67. The number of hydrogen-bond acceptors (Lipinski definition) is 3. The van der Waals surface area contributed by atoms with Crippen LogP contribution < -0.4 is 20.3 Å². The van der Waals surface area contributed by atoms with Gasteiger partial charge in [0, 0.05) is 17.8 Å². The smallest absolute Gasteiger partial charge is 0.279 e. The molecule has 2 aromatic rings. The molecule has 2 rings (SSSR count). The molecule has 0 aliphatic rings. The fourth-order valence-electron chi connectivity index (χ4n) is 2.54. The van der Waals surface area contributed by atoms with Gasteiger partial charge < -0.3 is 20.3 Å². The van der Waals surface area contributed by atoms with Crippen LogP contribution in [0.2, 0.25) is 0 Å². The average molecular weight is 374 g/mol. The van der Waals surface area contributed by atoms with Gasteiger partial charge >= 0.3 is 0 Å². The molecule has 0 aromatic heterocycles. The molecular weight excluding hydrogens is 349 g/mol. The van der Waals surface area contributed by atoms with E-state index in [1.807, 2.05) is 6.92 Å². The third-order valence-corrected chi connectivity index (χ3v) is 4.13. The van der Waals surface area contributed by atoms with Crippen molar-refractivity contribution in [2.75, 3.05) is 32.1 Å². The third kappa shape index (κ3) is 6.71. The second-order valence-corrected chi connectivity index (χ2v) is 6.10. The Bertz CT molecular complexity index is 765. The molecule has 0 bridgehead atoms. The van der Waals surface area contributed by atoms with Crippen LogP contribution in [0.3, 0.4) is 0 Å². The van der Waals surface area contributed by atoms with Gasteiger partial charge in [-0.2, -0.15) is 0 Å². The molecule has 1 unspecified atom stereocenters. The molecule has 2 amide bonds. The van der Waals surface area contributed by atoms with Gasteiger partial charge in [-0.3, -0.25) is 9.59 Å². The Labute approximate surface area is 158 Å². The van der Waals surface area contributed by atoms with Gasteiger partial charge in [-0.25, -0.2) is 4.39 Å². The van der Waals surface area contributed by atoms with Crippen LogP contribution in [-0.2, 0) is 16.1 Å². The first kappa shape index (κ1) is 20.4. The number of carbonyl (C=O) groups excluding carboxylic acids is 2. The summed E-state index contributed by atoms with van der Waals surface area (Å²) < 4.78 is 18.7. The molecule has 27 heavy (non-hydrogen) atoms. The van der Waals surface area contributed by atoms with Gasteiger partial charge in [0.2, 0.25) is 0 Å². The lowest BCUT2D eigenvalue weighted by Crippen LogP contribution is -3.13. The van der Waals surface area contributed by atoms with E-state index in [0.29, 0.717) is 23.5 Å². The van der Waals surface area contributed by atoms with Crippen molar-refractivity contribution in [2.45, 2.75) is 13.5 Å². The third-order valence-electron chi connectivity index (χ3n) is 4.13. The Morgan fingerprint density at radius 2 is 1.70 bits per heavy atom. The summed E-state index contributed by atoms with van der Waals surface area (Å²) in [5, 5.41) is 5.49. The van der Waals surface area contributed by atoms with Gasteiger partial charge in [-0.05, 0) is 37.3 Å². The highest BCUT2D eigenvalue weighted by atomic mass is 19.1. The Morgan fingerprint density at radius 1 is 1.04 bits per heavy atom. The molecule has 0 heterocycles. The van der Waals surface area contributed by atoms with Gasteiger partial charge in [-0.1, -0.05) is 18.2 Å². The van der Waals surface area contributed by atoms with Crippen molar-refractivity contribution >= 4 is 17.5 Å². The fraction of sp³-hybridized carbons (Fsp3) is 0.300. The summed E-state index contributed by atoms with van der Waals surface area (Å²) in [6.07, 6.45) is 0. The molecule has 144 valence electrons. The minimum atomic E-state index is -0.351. The molecule has 3 N–H and O–H groups in total. The molecule has 0 spiro atoms. The Kier molecular flexibility index (Phi) is 7.76. The number of quaternary nitrogens is 1. The second kappa shape index (κ2) is 10.3. The van der Waals surface area contributed by atoms with E-state index >= 15 is 0 Å². The zero-order valence-electron chi connectivity index (χ0n) is 15.5. The topological polar surface area (TPSA) is 71.9 Å². The van der Waals surface area contributed by atoms with E-state index in [1.54, 1.807) is 49.6 Å². The van der Waals surface area contributed by atoms with Crippen molar-refractivity contribution in [1.29, 1.82) is 0 Å². The molecular formula is C20H25FN3O3+. The van der Waals surface area contributed by atoms with Gasteiger partial charge in [0.1, 0.15) is 11.6 Å². The number of amides is 2. The van der Waals surface area contributed by atoms with Crippen LogP contribution in [0, 0.1) is 5.82 Å². The molecule has 6 nitrogen and oxygen atoms in total. The van der Waals surface area contributed by atoms with E-state index in [-0.39, 0.29) is 37.3 Å². The number of anilines is 1. The highest BCUT2D eigenvalue weighted by molar-refractivity contribution is 5.91. The van der Waals surface area contributed by atoms with Crippen LogP contribution in [0.4, 0.5) is 10.1 Å². The van der Waals surface area contributed by atoms with Gasteiger partial charge in [-0.15, -0.1) is 0 Å². The maximum Gasteiger partial charge on any atom is 0.279 e. The highest BCUT2D eigenvalue weighted by Gasteiger charge is 2.17. The molecule has 0 saturated carbocycles. The van der Waals surface area contributed by atoms with E-state index in [0.717, 1.165) is 4.90 Å². The molecule has 0 aliphatic carbocycles.